The van der Waals surface area contributed by atoms with Gasteiger partial charge in [-0.1, -0.05) is 0 Å². The van der Waals surface area contributed by atoms with Gasteiger partial charge in [0.2, 0.25) is 5.91 Å². The van der Waals surface area contributed by atoms with Gasteiger partial charge in [-0.3, -0.25) is 19.4 Å². The molecule has 4 rings (SSSR count). The third kappa shape index (κ3) is 2.67. The lowest BCUT2D eigenvalue weighted by molar-refractivity contribution is -0.144. The predicted octanol–water partition coefficient (Wildman–Crippen LogP) is 0.766. The summed E-state index contributed by atoms with van der Waals surface area (Å²) >= 11 is 0. The lowest BCUT2D eigenvalue weighted by atomic mass is 9.77. The molecule has 1 unspecified atom stereocenters. The number of nitrogens with zero attached hydrogens (tertiary/aromatic N) is 2. The Morgan fingerprint density at radius 1 is 1.28 bits per heavy atom. The first kappa shape index (κ1) is 16.1. The maximum Gasteiger partial charge on any atom is 0.309 e. The van der Waals surface area contributed by atoms with E-state index in [4.69, 9.17) is 0 Å². The van der Waals surface area contributed by atoms with E-state index >= 15 is 0 Å². The lowest BCUT2D eigenvalue weighted by Crippen LogP contribution is -2.56. The van der Waals surface area contributed by atoms with Crippen LogP contribution in [0.25, 0.3) is 0 Å². The van der Waals surface area contributed by atoms with E-state index in [2.05, 4.69) is 10.3 Å². The number of carbonyl (C=O) groups excluding carboxylic acids is 2. The molecule has 2 amide bonds. The molecule has 3 heterocycles. The van der Waals surface area contributed by atoms with Gasteiger partial charge < -0.3 is 15.3 Å². The van der Waals surface area contributed by atoms with Crippen LogP contribution in [0.1, 0.15) is 47.3 Å². The summed E-state index contributed by atoms with van der Waals surface area (Å²) in [6.45, 7) is 0.889. The van der Waals surface area contributed by atoms with Crippen molar-refractivity contribution in [1.82, 2.24) is 15.2 Å². The Labute approximate surface area is 145 Å². The molecule has 1 aromatic rings. The summed E-state index contributed by atoms with van der Waals surface area (Å²) in [5.41, 5.74) is 2.14. The van der Waals surface area contributed by atoms with Gasteiger partial charge in [0.25, 0.3) is 5.91 Å². The van der Waals surface area contributed by atoms with E-state index in [0.29, 0.717) is 31.5 Å². The molecule has 2 N–H and O–H groups in total. The largest absolute Gasteiger partial charge is 0.481 e. The molecule has 0 saturated carbocycles. The number of nitrogens with one attached hydrogen (secondary N) is 1. The number of likely N-dealkylation sites (tertiary alicyclic amines) is 1. The second kappa shape index (κ2) is 5.82. The van der Waals surface area contributed by atoms with Gasteiger partial charge in [-0.15, -0.1) is 0 Å². The van der Waals surface area contributed by atoms with Crippen molar-refractivity contribution in [1.29, 1.82) is 0 Å². The van der Waals surface area contributed by atoms with Gasteiger partial charge in [-0.05, 0) is 43.7 Å². The van der Waals surface area contributed by atoms with Crippen LogP contribution < -0.4 is 5.32 Å². The van der Waals surface area contributed by atoms with Crippen LogP contribution in [0, 0.1) is 5.92 Å². The molecule has 0 aromatic carbocycles. The van der Waals surface area contributed by atoms with Crippen molar-refractivity contribution in [3.05, 3.63) is 29.1 Å². The van der Waals surface area contributed by atoms with Gasteiger partial charge in [-0.25, -0.2) is 0 Å². The Kier molecular flexibility index (Phi) is 3.74. The first-order chi connectivity index (χ1) is 12.0. The summed E-state index contributed by atoms with van der Waals surface area (Å²) in [5, 5.41) is 12.3. The number of pyridine rings is 1. The maximum atomic E-state index is 12.8. The summed E-state index contributed by atoms with van der Waals surface area (Å²) in [6, 6.07) is 1.94. The third-order valence-electron chi connectivity index (χ3n) is 5.85. The van der Waals surface area contributed by atoms with Gasteiger partial charge in [0, 0.05) is 31.4 Å². The zero-order chi connectivity index (χ0) is 17.6. The molecule has 1 spiro atoms. The average Bonchev–Trinajstić information content (AvgIpc) is 3.18. The molecule has 0 bridgehead atoms. The van der Waals surface area contributed by atoms with Crippen LogP contribution in [0.5, 0.6) is 0 Å². The smallest absolute Gasteiger partial charge is 0.309 e. The van der Waals surface area contributed by atoms with E-state index in [0.717, 1.165) is 30.5 Å². The first-order valence-electron chi connectivity index (χ1n) is 8.79. The van der Waals surface area contributed by atoms with Gasteiger partial charge in [0.15, 0.2) is 0 Å². The Bertz CT molecular complexity index is 753. The third-order valence-corrected chi connectivity index (χ3v) is 5.85. The van der Waals surface area contributed by atoms with Crippen LogP contribution in [-0.4, -0.2) is 51.4 Å². The van der Waals surface area contributed by atoms with E-state index < -0.39 is 17.4 Å². The lowest BCUT2D eigenvalue weighted by Gasteiger charge is -2.41. The van der Waals surface area contributed by atoms with E-state index in [1.807, 2.05) is 6.07 Å². The van der Waals surface area contributed by atoms with Crippen molar-refractivity contribution < 1.29 is 19.5 Å². The fraction of sp³-hybridized carbons (Fsp3) is 0.556. The minimum Gasteiger partial charge on any atom is -0.481 e. The number of hydrogen-bond acceptors (Lipinski definition) is 4. The van der Waals surface area contributed by atoms with Crippen LogP contribution in [0.15, 0.2) is 12.3 Å². The summed E-state index contributed by atoms with van der Waals surface area (Å²) in [5.74, 6) is -1.93. The monoisotopic (exact) mass is 343 g/mol. The highest BCUT2D eigenvalue weighted by Crippen LogP contribution is 2.37. The standard InChI is InChI=1S/C18H21N3O4/c22-15-9-13(17(24)25)18(20-15)4-6-21(7-5-18)16(23)12-8-11-2-1-3-14(11)19-10-12/h8,10,13H,1-7,9H2,(H,20,22)(H,24,25). The van der Waals surface area contributed by atoms with Crippen LogP contribution in [-0.2, 0) is 22.4 Å². The number of aliphatic carboxylic acids is 1. The van der Waals surface area contributed by atoms with Gasteiger partial charge in [-0.2, -0.15) is 0 Å². The van der Waals surface area contributed by atoms with Gasteiger partial charge >= 0.3 is 5.97 Å². The number of carboxylic acids is 1. The molecule has 2 aliphatic heterocycles. The van der Waals surface area contributed by atoms with Crippen molar-refractivity contribution in [2.45, 2.75) is 44.1 Å². The van der Waals surface area contributed by atoms with Gasteiger partial charge in [0.05, 0.1) is 17.0 Å². The highest BCUT2D eigenvalue weighted by atomic mass is 16.4. The average molecular weight is 343 g/mol. The molecule has 0 radical (unpaired) electrons. The number of hydrogen-bond donors (Lipinski definition) is 2. The number of aryl methyl sites for hydroxylation is 2. The quantitative estimate of drug-likeness (QED) is 0.826. The summed E-state index contributed by atoms with van der Waals surface area (Å²) in [6.07, 6.45) is 5.65. The summed E-state index contributed by atoms with van der Waals surface area (Å²) in [4.78, 5) is 42.1. The number of carbonyl (C=O) groups is 3. The number of piperidine rings is 1. The Hall–Kier alpha value is -2.44. The van der Waals surface area contributed by atoms with E-state index in [1.54, 1.807) is 11.1 Å². The molecule has 1 aliphatic carbocycles. The fourth-order valence-corrected chi connectivity index (χ4v) is 4.43. The normalized spacial score (nSPS) is 24.2. The van der Waals surface area contributed by atoms with E-state index in [1.165, 1.54) is 0 Å². The second-order valence-electron chi connectivity index (χ2n) is 7.27. The number of aromatic nitrogens is 1. The molecule has 1 aromatic heterocycles. The van der Waals surface area contributed by atoms with Crippen molar-refractivity contribution in [2.24, 2.45) is 5.92 Å². The summed E-state index contributed by atoms with van der Waals surface area (Å²) < 4.78 is 0. The summed E-state index contributed by atoms with van der Waals surface area (Å²) in [7, 11) is 0. The molecule has 7 heteroatoms. The zero-order valence-electron chi connectivity index (χ0n) is 14.0. The number of rotatable bonds is 2. The maximum absolute atomic E-state index is 12.8. The molecule has 25 heavy (non-hydrogen) atoms. The molecule has 7 nitrogen and oxygen atoms in total. The minimum atomic E-state index is -0.944. The zero-order valence-corrected chi connectivity index (χ0v) is 14.0. The Morgan fingerprint density at radius 2 is 2.04 bits per heavy atom. The van der Waals surface area contributed by atoms with Gasteiger partial charge in [0.1, 0.15) is 0 Å². The van der Waals surface area contributed by atoms with Crippen molar-refractivity contribution in [3.63, 3.8) is 0 Å². The first-order valence-corrected chi connectivity index (χ1v) is 8.79. The number of amides is 2. The molecule has 2 saturated heterocycles. The number of fused-ring (bicyclic) bond motifs is 1. The molecule has 1 atom stereocenters. The Morgan fingerprint density at radius 3 is 2.76 bits per heavy atom. The predicted molar refractivity (Wildman–Crippen MR) is 88.0 cm³/mol. The highest BCUT2D eigenvalue weighted by molar-refractivity contribution is 5.94. The van der Waals surface area contributed by atoms with Crippen LogP contribution in [0.4, 0.5) is 0 Å². The number of carboxylic acid groups (broad SMARTS) is 1. The molecule has 2 fully saturated rings. The van der Waals surface area contributed by atoms with Crippen LogP contribution in [0.2, 0.25) is 0 Å². The fourth-order valence-electron chi connectivity index (χ4n) is 4.43. The molecule has 132 valence electrons. The molecule has 3 aliphatic rings. The molecular formula is C18H21N3O4. The molecular weight excluding hydrogens is 322 g/mol. The second-order valence-corrected chi connectivity index (χ2v) is 7.27. The van der Waals surface area contributed by atoms with Crippen LogP contribution in [0.3, 0.4) is 0 Å². The SMILES string of the molecule is O=C1CC(C(=O)O)C2(CCN(C(=O)c3cnc4c(c3)CCC4)CC2)N1. The minimum absolute atomic E-state index is 0.0258. The van der Waals surface area contributed by atoms with E-state index in [9.17, 15) is 19.5 Å². The Balaban J connectivity index is 1.47. The van der Waals surface area contributed by atoms with Crippen molar-refractivity contribution in [3.8, 4) is 0 Å². The topological polar surface area (TPSA) is 99.6 Å². The van der Waals surface area contributed by atoms with Crippen molar-refractivity contribution >= 4 is 17.8 Å². The highest BCUT2D eigenvalue weighted by Gasteiger charge is 2.52. The van der Waals surface area contributed by atoms with E-state index in [-0.39, 0.29) is 18.2 Å². The van der Waals surface area contributed by atoms with Crippen molar-refractivity contribution in [2.75, 3.05) is 13.1 Å². The van der Waals surface area contributed by atoms with Crippen LogP contribution >= 0.6 is 0 Å².